The van der Waals surface area contributed by atoms with Crippen LogP contribution >= 0.6 is 0 Å². The molecule has 0 unspecified atom stereocenters. The molecule has 0 aliphatic heterocycles. The van der Waals surface area contributed by atoms with E-state index in [2.05, 4.69) is 182 Å². The number of rotatable bonds is 8. The molecule has 6 aliphatic rings. The minimum Gasteiger partial charge on any atom is -0.0616 e. The van der Waals surface area contributed by atoms with E-state index < -0.39 is 0 Å². The fourth-order valence-corrected chi connectivity index (χ4v) is 17.8. The Morgan fingerprint density at radius 3 is 0.768 bits per heavy atom. The highest BCUT2D eigenvalue weighted by atomic mass is 14.4. The molecule has 17 rings (SSSR count). The first-order valence-electron chi connectivity index (χ1n) is 32.3. The van der Waals surface area contributed by atoms with Crippen molar-refractivity contribution in [2.45, 2.75) is 152 Å². The maximum atomic E-state index is 2.63. The fraction of sp³-hybridized carbons (Fsp3) is 0.293. The van der Waals surface area contributed by atoms with Crippen LogP contribution in [0.5, 0.6) is 0 Å². The van der Waals surface area contributed by atoms with Crippen molar-refractivity contribution >= 4 is 43.1 Å². The summed E-state index contributed by atoms with van der Waals surface area (Å²) in [7, 11) is 0. The molecule has 0 N–H and O–H groups in total. The average molecular weight is 1060 g/mol. The molecule has 4 fully saturated rings. The average Bonchev–Trinajstić information content (AvgIpc) is 3.99. The molecule has 0 amide bonds. The number of fused-ring (bicyclic) bond motifs is 9. The van der Waals surface area contributed by atoms with Crippen molar-refractivity contribution in [1.82, 2.24) is 0 Å². The molecule has 4 saturated carbocycles. The van der Waals surface area contributed by atoms with Crippen LogP contribution in [0.4, 0.5) is 0 Å². The molecular weight excluding hydrogens is 985 g/mol. The SMILES string of the molecule is c1cc(-c2c3c(c(-c4cccc(C5CCCCC5)c4)c4ccccc24)-c2ccc4c5c(ccc-3c25)-c2c-4c(-c3cccc(C4CCCCC4)c3)c3cc4ccccc4cc3c2-c2cccc(C3CCCCC3)c2)cc(C2CCCCC2)c1. The Kier molecular flexibility index (Phi) is 12.0. The van der Waals surface area contributed by atoms with Gasteiger partial charge in [-0.3, -0.25) is 0 Å². The molecule has 11 aromatic carbocycles. The second-order valence-corrected chi connectivity index (χ2v) is 26.2. The van der Waals surface area contributed by atoms with E-state index in [4.69, 9.17) is 0 Å². The van der Waals surface area contributed by atoms with Gasteiger partial charge in [-0.1, -0.05) is 247 Å². The molecule has 0 nitrogen and oxygen atoms in total. The Labute approximate surface area is 485 Å². The third-order valence-corrected chi connectivity index (χ3v) is 21.6. The monoisotopic (exact) mass is 1060 g/mol. The lowest BCUT2D eigenvalue weighted by molar-refractivity contribution is 0.444. The highest BCUT2D eigenvalue weighted by Crippen LogP contribution is 2.65. The third kappa shape index (κ3) is 7.90. The van der Waals surface area contributed by atoms with E-state index >= 15 is 0 Å². The second kappa shape index (κ2) is 20.1. The molecular formula is C82H74. The van der Waals surface area contributed by atoms with Crippen LogP contribution in [0.15, 0.2) is 182 Å². The van der Waals surface area contributed by atoms with Gasteiger partial charge in [0.1, 0.15) is 0 Å². The van der Waals surface area contributed by atoms with Crippen LogP contribution in [0.3, 0.4) is 0 Å². The van der Waals surface area contributed by atoms with Gasteiger partial charge >= 0.3 is 0 Å². The summed E-state index contributed by atoms with van der Waals surface area (Å²) in [6.45, 7) is 0. The van der Waals surface area contributed by atoms with Crippen molar-refractivity contribution in [3.63, 3.8) is 0 Å². The lowest BCUT2D eigenvalue weighted by atomic mass is 9.78. The van der Waals surface area contributed by atoms with Crippen molar-refractivity contribution in [2.24, 2.45) is 0 Å². The first-order valence-corrected chi connectivity index (χ1v) is 32.3. The van der Waals surface area contributed by atoms with Gasteiger partial charge in [0.15, 0.2) is 0 Å². The van der Waals surface area contributed by atoms with E-state index in [1.54, 1.807) is 0 Å². The standard InChI is InChI=1S/C82H74/c1-5-21-51(22-6-1)55-31-17-35-61(45-55)73-65-39-15-16-40-66(65)74(62-36-18-32-56(46-62)52-23-7-2-8-24-52)80-68-42-44-70-78-69(43-41-67(77(68)78)79(73)80)81-75(63-37-19-33-57(47-63)53-25-9-3-10-26-53)71-49-59-29-13-14-30-60(59)50-72(71)76(82(70)81)64-38-20-34-58(48-64)54-27-11-4-12-28-54/h13-20,29-54H,1-12,21-28H2. The number of hydrogen-bond donors (Lipinski definition) is 0. The number of hydrogen-bond acceptors (Lipinski definition) is 0. The van der Waals surface area contributed by atoms with Crippen molar-refractivity contribution in [3.8, 4) is 89.0 Å². The highest BCUT2D eigenvalue weighted by Gasteiger charge is 2.38. The van der Waals surface area contributed by atoms with Crippen molar-refractivity contribution in [3.05, 3.63) is 204 Å². The maximum Gasteiger partial charge on any atom is -0.000740 e. The predicted molar refractivity (Wildman–Crippen MR) is 350 cm³/mol. The molecule has 402 valence electrons. The first-order chi connectivity index (χ1) is 40.7. The van der Waals surface area contributed by atoms with E-state index in [1.807, 2.05) is 0 Å². The van der Waals surface area contributed by atoms with Crippen LogP contribution in [-0.2, 0) is 0 Å². The van der Waals surface area contributed by atoms with Gasteiger partial charge in [-0.15, -0.1) is 0 Å². The Bertz CT molecular complexity index is 4090. The molecule has 82 heavy (non-hydrogen) atoms. The Balaban J connectivity index is 0.981. The summed E-state index contributed by atoms with van der Waals surface area (Å²) in [5.41, 5.74) is 28.4. The molecule has 0 aromatic heterocycles. The Morgan fingerprint density at radius 1 is 0.207 bits per heavy atom. The molecule has 6 aliphatic carbocycles. The summed E-state index contributed by atoms with van der Waals surface area (Å²) in [5.74, 6) is 2.46. The summed E-state index contributed by atoms with van der Waals surface area (Å²) < 4.78 is 0. The van der Waals surface area contributed by atoms with Crippen LogP contribution in [-0.4, -0.2) is 0 Å². The third-order valence-electron chi connectivity index (χ3n) is 21.6. The molecule has 0 atom stereocenters. The van der Waals surface area contributed by atoms with Gasteiger partial charge in [-0.25, -0.2) is 0 Å². The van der Waals surface area contributed by atoms with Gasteiger partial charge in [0.2, 0.25) is 0 Å². The van der Waals surface area contributed by atoms with Gasteiger partial charge in [0.05, 0.1) is 0 Å². The smallest absolute Gasteiger partial charge is 0.000740 e. The van der Waals surface area contributed by atoms with Crippen LogP contribution in [0.25, 0.3) is 132 Å². The summed E-state index contributed by atoms with van der Waals surface area (Å²) in [6.07, 6.45) is 26.4. The van der Waals surface area contributed by atoms with E-state index in [0.29, 0.717) is 23.7 Å². The van der Waals surface area contributed by atoms with Gasteiger partial charge in [-0.05, 0) is 242 Å². The molecule has 11 aromatic rings. The molecule has 0 heterocycles. The molecule has 0 spiro atoms. The normalized spacial score (nSPS) is 17.6. The summed E-state index contributed by atoms with van der Waals surface area (Å²) >= 11 is 0. The number of benzene rings is 11. The molecule has 0 heteroatoms. The van der Waals surface area contributed by atoms with E-state index in [1.165, 1.54) is 283 Å². The van der Waals surface area contributed by atoms with Gasteiger partial charge in [0.25, 0.3) is 0 Å². The van der Waals surface area contributed by atoms with Crippen molar-refractivity contribution in [1.29, 1.82) is 0 Å². The van der Waals surface area contributed by atoms with Crippen LogP contribution in [0.2, 0.25) is 0 Å². The van der Waals surface area contributed by atoms with Crippen molar-refractivity contribution < 1.29 is 0 Å². The van der Waals surface area contributed by atoms with Gasteiger partial charge < -0.3 is 0 Å². The van der Waals surface area contributed by atoms with Crippen molar-refractivity contribution in [2.75, 3.05) is 0 Å². The lowest BCUT2D eigenvalue weighted by Crippen LogP contribution is -2.05. The zero-order valence-electron chi connectivity index (χ0n) is 47.8. The minimum atomic E-state index is 0.611. The Hall–Kier alpha value is -7.54. The molecule has 0 bridgehead atoms. The van der Waals surface area contributed by atoms with E-state index in [-0.39, 0.29) is 0 Å². The second-order valence-electron chi connectivity index (χ2n) is 26.2. The summed E-state index contributed by atoms with van der Waals surface area (Å²) in [6, 6.07) is 73.8. The zero-order chi connectivity index (χ0) is 53.8. The van der Waals surface area contributed by atoms with Crippen LogP contribution in [0.1, 0.15) is 174 Å². The topological polar surface area (TPSA) is 0 Å². The van der Waals surface area contributed by atoms with Crippen LogP contribution in [0, 0.1) is 0 Å². The molecule has 0 radical (unpaired) electrons. The largest absolute Gasteiger partial charge is 0.0616 e. The van der Waals surface area contributed by atoms with Gasteiger partial charge in [-0.2, -0.15) is 0 Å². The van der Waals surface area contributed by atoms with E-state index in [0.717, 1.165) is 0 Å². The van der Waals surface area contributed by atoms with Crippen LogP contribution < -0.4 is 0 Å². The minimum absolute atomic E-state index is 0.611. The first kappa shape index (κ1) is 49.1. The highest BCUT2D eigenvalue weighted by molar-refractivity contribution is 6.35. The molecule has 0 saturated heterocycles. The lowest BCUT2D eigenvalue weighted by Gasteiger charge is -2.25. The van der Waals surface area contributed by atoms with E-state index in [9.17, 15) is 0 Å². The predicted octanol–water partition coefficient (Wildman–Crippen LogP) is 24.5. The van der Waals surface area contributed by atoms with Gasteiger partial charge in [0, 0.05) is 0 Å². The maximum absolute atomic E-state index is 2.63. The fourth-order valence-electron chi connectivity index (χ4n) is 17.8. The Morgan fingerprint density at radius 2 is 0.476 bits per heavy atom. The summed E-state index contributed by atoms with van der Waals surface area (Å²) in [4.78, 5) is 0. The zero-order valence-corrected chi connectivity index (χ0v) is 47.8. The quantitative estimate of drug-likeness (QED) is 0.133. The summed E-state index contributed by atoms with van der Waals surface area (Å²) in [5, 5.41) is 10.9.